The van der Waals surface area contributed by atoms with Gasteiger partial charge in [0.15, 0.2) is 11.4 Å². The zero-order valence-electron chi connectivity index (χ0n) is 15.0. The lowest BCUT2D eigenvalue weighted by atomic mass is 9.94. The van der Waals surface area contributed by atoms with Crippen LogP contribution < -0.4 is 0 Å². The quantitative estimate of drug-likeness (QED) is 0.706. The van der Waals surface area contributed by atoms with Crippen molar-refractivity contribution in [2.75, 3.05) is 0 Å². The molecular weight excluding hydrogens is 324 g/mol. The molecule has 0 amide bonds. The van der Waals surface area contributed by atoms with Crippen LogP contribution in [0.3, 0.4) is 0 Å². The number of aryl methyl sites for hydroxylation is 1. The summed E-state index contributed by atoms with van der Waals surface area (Å²) in [5, 5.41) is 5.57. The second-order valence-electron chi connectivity index (χ2n) is 7.66. The van der Waals surface area contributed by atoms with Crippen LogP contribution in [0.25, 0.3) is 11.0 Å². The number of aromatic nitrogens is 4. The summed E-state index contributed by atoms with van der Waals surface area (Å²) in [6.45, 7) is 2.07. The SMILES string of the molecule is Cc1ccc2c(c1)C(c1ncnc3c1cnn3C1CCCCC1)C(=O)C2. The van der Waals surface area contributed by atoms with E-state index in [0.29, 0.717) is 12.5 Å². The number of nitrogens with zero attached hydrogens (tertiary/aromatic N) is 4. The van der Waals surface area contributed by atoms with E-state index < -0.39 is 0 Å². The Labute approximate surface area is 152 Å². The van der Waals surface area contributed by atoms with Gasteiger partial charge in [0.05, 0.1) is 29.2 Å². The van der Waals surface area contributed by atoms with Crippen LogP contribution in [0.15, 0.2) is 30.7 Å². The summed E-state index contributed by atoms with van der Waals surface area (Å²) in [4.78, 5) is 21.9. The molecule has 5 rings (SSSR count). The molecule has 0 bridgehead atoms. The molecule has 2 heterocycles. The van der Waals surface area contributed by atoms with E-state index in [1.165, 1.54) is 24.8 Å². The molecule has 5 nitrogen and oxygen atoms in total. The van der Waals surface area contributed by atoms with E-state index in [2.05, 4.69) is 44.9 Å². The number of carbonyl (C=O) groups is 1. The minimum atomic E-state index is -0.292. The lowest BCUT2D eigenvalue weighted by Crippen LogP contribution is -2.15. The van der Waals surface area contributed by atoms with Crippen molar-refractivity contribution in [3.8, 4) is 0 Å². The van der Waals surface area contributed by atoms with Crippen molar-refractivity contribution in [1.82, 2.24) is 19.7 Å². The van der Waals surface area contributed by atoms with Crippen LogP contribution in [-0.2, 0) is 11.2 Å². The zero-order valence-corrected chi connectivity index (χ0v) is 15.0. The monoisotopic (exact) mass is 346 g/mol. The average Bonchev–Trinajstić information content (AvgIpc) is 3.23. The van der Waals surface area contributed by atoms with Gasteiger partial charge in [-0.25, -0.2) is 14.6 Å². The van der Waals surface area contributed by atoms with Gasteiger partial charge >= 0.3 is 0 Å². The first-order valence-corrected chi connectivity index (χ1v) is 9.52. The van der Waals surface area contributed by atoms with E-state index >= 15 is 0 Å². The van der Waals surface area contributed by atoms with Gasteiger partial charge in [0.2, 0.25) is 0 Å². The molecule has 1 atom stereocenters. The predicted octanol–water partition coefficient (Wildman–Crippen LogP) is 3.90. The van der Waals surface area contributed by atoms with Crippen LogP contribution in [0.4, 0.5) is 0 Å². The zero-order chi connectivity index (χ0) is 17.7. The molecular formula is C21H22N4O. The Morgan fingerprint density at radius 3 is 2.81 bits per heavy atom. The first-order chi connectivity index (χ1) is 12.7. The first kappa shape index (κ1) is 15.7. The number of ketones is 1. The van der Waals surface area contributed by atoms with E-state index in [1.54, 1.807) is 6.33 Å². The van der Waals surface area contributed by atoms with E-state index in [-0.39, 0.29) is 11.7 Å². The van der Waals surface area contributed by atoms with Crippen LogP contribution in [0.5, 0.6) is 0 Å². The van der Waals surface area contributed by atoms with E-state index in [9.17, 15) is 4.79 Å². The maximum atomic E-state index is 12.8. The Kier molecular flexibility index (Phi) is 3.62. The van der Waals surface area contributed by atoms with Crippen LogP contribution >= 0.6 is 0 Å². The fraction of sp³-hybridized carbons (Fsp3) is 0.429. The van der Waals surface area contributed by atoms with Gasteiger partial charge in [-0.2, -0.15) is 5.10 Å². The molecule has 3 aromatic rings. The van der Waals surface area contributed by atoms with E-state index in [4.69, 9.17) is 0 Å². The lowest BCUT2D eigenvalue weighted by Gasteiger charge is -2.22. The van der Waals surface area contributed by atoms with Gasteiger partial charge in [0, 0.05) is 6.42 Å². The van der Waals surface area contributed by atoms with Gasteiger partial charge in [-0.1, -0.05) is 43.0 Å². The molecule has 1 aromatic carbocycles. The molecule has 1 saturated carbocycles. The smallest absolute Gasteiger partial charge is 0.161 e. The molecule has 0 aliphatic heterocycles. The summed E-state index contributed by atoms with van der Waals surface area (Å²) in [7, 11) is 0. The lowest BCUT2D eigenvalue weighted by molar-refractivity contribution is -0.118. The van der Waals surface area contributed by atoms with E-state index in [1.807, 2.05) is 6.20 Å². The summed E-state index contributed by atoms with van der Waals surface area (Å²) in [6, 6.07) is 6.69. The summed E-state index contributed by atoms with van der Waals surface area (Å²) in [5.41, 5.74) is 5.08. The molecule has 0 spiro atoms. The average molecular weight is 346 g/mol. The topological polar surface area (TPSA) is 60.7 Å². The van der Waals surface area contributed by atoms with Crippen molar-refractivity contribution in [3.05, 3.63) is 53.1 Å². The number of hydrogen-bond acceptors (Lipinski definition) is 4. The van der Waals surface area contributed by atoms with Gasteiger partial charge in [-0.15, -0.1) is 0 Å². The van der Waals surface area contributed by atoms with Crippen molar-refractivity contribution in [2.45, 2.75) is 57.4 Å². The maximum absolute atomic E-state index is 12.8. The molecule has 132 valence electrons. The van der Waals surface area contributed by atoms with Crippen molar-refractivity contribution in [3.63, 3.8) is 0 Å². The Morgan fingerprint density at radius 1 is 1.12 bits per heavy atom. The highest BCUT2D eigenvalue weighted by Gasteiger charge is 2.35. The van der Waals surface area contributed by atoms with Crippen molar-refractivity contribution in [2.24, 2.45) is 0 Å². The molecule has 0 N–H and O–H groups in total. The molecule has 0 radical (unpaired) electrons. The maximum Gasteiger partial charge on any atom is 0.161 e. The van der Waals surface area contributed by atoms with E-state index in [0.717, 1.165) is 40.7 Å². The molecule has 0 saturated heterocycles. The van der Waals surface area contributed by atoms with Crippen LogP contribution in [-0.4, -0.2) is 25.5 Å². The highest BCUT2D eigenvalue weighted by molar-refractivity contribution is 5.98. The van der Waals surface area contributed by atoms with Gasteiger partial charge < -0.3 is 0 Å². The van der Waals surface area contributed by atoms with Gasteiger partial charge in [-0.3, -0.25) is 4.79 Å². The normalized spacial score (nSPS) is 20.7. The third kappa shape index (κ3) is 2.37. The van der Waals surface area contributed by atoms with Crippen molar-refractivity contribution in [1.29, 1.82) is 0 Å². The highest BCUT2D eigenvalue weighted by Crippen LogP contribution is 2.38. The molecule has 2 aliphatic rings. The third-order valence-electron chi connectivity index (χ3n) is 5.91. The molecule has 26 heavy (non-hydrogen) atoms. The summed E-state index contributed by atoms with van der Waals surface area (Å²) >= 11 is 0. The van der Waals surface area contributed by atoms with Gasteiger partial charge in [-0.05, 0) is 30.9 Å². The number of rotatable bonds is 2. The fourth-order valence-electron chi connectivity index (χ4n) is 4.61. The van der Waals surface area contributed by atoms with Gasteiger partial charge in [0.1, 0.15) is 6.33 Å². The minimum absolute atomic E-state index is 0.219. The second kappa shape index (κ2) is 6.01. The molecule has 1 unspecified atom stereocenters. The highest BCUT2D eigenvalue weighted by atomic mass is 16.1. The van der Waals surface area contributed by atoms with Crippen LogP contribution in [0, 0.1) is 6.92 Å². The summed E-state index contributed by atoms with van der Waals surface area (Å²) in [6.07, 6.45) is 10.1. The molecule has 1 fully saturated rings. The minimum Gasteiger partial charge on any atom is -0.298 e. The molecule has 2 aliphatic carbocycles. The Balaban J connectivity index is 1.63. The van der Waals surface area contributed by atoms with Gasteiger partial charge in [0.25, 0.3) is 0 Å². The number of fused-ring (bicyclic) bond motifs is 2. The summed E-state index contributed by atoms with van der Waals surface area (Å²) in [5.74, 6) is -0.0737. The Morgan fingerprint density at radius 2 is 1.96 bits per heavy atom. The predicted molar refractivity (Wildman–Crippen MR) is 99.2 cm³/mol. The van der Waals surface area contributed by atoms with Crippen LogP contribution in [0.2, 0.25) is 0 Å². The Bertz CT molecular complexity index is 1000. The third-order valence-corrected chi connectivity index (χ3v) is 5.91. The summed E-state index contributed by atoms with van der Waals surface area (Å²) < 4.78 is 2.07. The van der Waals surface area contributed by atoms with Crippen molar-refractivity contribution < 1.29 is 4.79 Å². The molecule has 2 aromatic heterocycles. The first-order valence-electron chi connectivity index (χ1n) is 9.52. The van der Waals surface area contributed by atoms with Crippen molar-refractivity contribution >= 4 is 16.8 Å². The second-order valence-corrected chi connectivity index (χ2v) is 7.66. The number of benzene rings is 1. The standard InChI is InChI=1S/C21H22N4O/c1-13-7-8-14-10-18(26)19(16(14)9-13)20-17-11-24-25(21(17)23-12-22-20)15-5-3-2-4-6-15/h7-9,11-12,15,19H,2-6,10H2,1H3. The largest absolute Gasteiger partial charge is 0.298 e. The fourth-order valence-corrected chi connectivity index (χ4v) is 4.61. The molecule has 5 heteroatoms. The van der Waals surface area contributed by atoms with Crippen LogP contribution in [0.1, 0.15) is 66.4 Å². The number of carbonyl (C=O) groups excluding carboxylic acids is 1. The Hall–Kier alpha value is -2.56. The number of hydrogen-bond donors (Lipinski definition) is 0. The number of Topliss-reactive ketones (excluding diaryl/α,β-unsaturated/α-hetero) is 1.